The SMILES string of the molecule is O=C(CCNc1ccc(Cl)c(C(F)(F)F)c1)Nc1ccc(F)c(F)c1. The van der Waals surface area contributed by atoms with E-state index in [1.165, 1.54) is 12.1 Å². The van der Waals surface area contributed by atoms with Gasteiger partial charge in [0, 0.05) is 30.4 Å². The summed E-state index contributed by atoms with van der Waals surface area (Å²) in [5.41, 5.74) is -0.752. The first kappa shape index (κ1) is 19.0. The molecule has 0 unspecified atom stereocenters. The summed E-state index contributed by atoms with van der Waals surface area (Å²) in [4.78, 5) is 11.7. The number of rotatable bonds is 5. The van der Waals surface area contributed by atoms with E-state index in [1.807, 2.05) is 0 Å². The highest BCUT2D eigenvalue weighted by atomic mass is 35.5. The Morgan fingerprint density at radius 1 is 1.00 bits per heavy atom. The van der Waals surface area contributed by atoms with Crippen LogP contribution in [0.4, 0.5) is 33.3 Å². The van der Waals surface area contributed by atoms with E-state index in [4.69, 9.17) is 11.6 Å². The molecule has 2 aromatic rings. The van der Waals surface area contributed by atoms with E-state index in [1.54, 1.807) is 0 Å². The van der Waals surface area contributed by atoms with Gasteiger partial charge >= 0.3 is 6.18 Å². The minimum atomic E-state index is -4.58. The molecular weight excluding hydrogens is 367 g/mol. The van der Waals surface area contributed by atoms with Crippen LogP contribution in [-0.2, 0) is 11.0 Å². The summed E-state index contributed by atoms with van der Waals surface area (Å²) in [6.07, 6.45) is -4.68. The summed E-state index contributed by atoms with van der Waals surface area (Å²) < 4.78 is 64.1. The summed E-state index contributed by atoms with van der Waals surface area (Å²) in [5, 5.41) is 4.60. The molecule has 0 aliphatic carbocycles. The zero-order chi connectivity index (χ0) is 18.6. The van der Waals surface area contributed by atoms with Crippen LogP contribution in [0.15, 0.2) is 36.4 Å². The molecule has 0 aromatic heterocycles. The summed E-state index contributed by atoms with van der Waals surface area (Å²) in [6.45, 7) is 0.0362. The minimum absolute atomic E-state index is 0.0362. The van der Waals surface area contributed by atoms with Gasteiger partial charge in [0.1, 0.15) is 0 Å². The van der Waals surface area contributed by atoms with Crippen LogP contribution in [0.1, 0.15) is 12.0 Å². The van der Waals surface area contributed by atoms with Crippen molar-refractivity contribution in [1.29, 1.82) is 0 Å². The van der Waals surface area contributed by atoms with Crippen LogP contribution in [-0.4, -0.2) is 12.5 Å². The van der Waals surface area contributed by atoms with E-state index < -0.39 is 34.3 Å². The topological polar surface area (TPSA) is 41.1 Å². The number of anilines is 2. The third kappa shape index (κ3) is 5.32. The molecule has 134 valence electrons. The second kappa shape index (κ2) is 7.69. The van der Waals surface area contributed by atoms with Gasteiger partial charge in [0.2, 0.25) is 5.91 Å². The molecule has 1 amide bonds. The predicted octanol–water partition coefficient (Wildman–Crippen LogP) is 5.08. The van der Waals surface area contributed by atoms with Crippen molar-refractivity contribution >= 4 is 28.9 Å². The lowest BCUT2D eigenvalue weighted by Gasteiger charge is -2.12. The van der Waals surface area contributed by atoms with Gasteiger partial charge in [-0.1, -0.05) is 11.6 Å². The van der Waals surface area contributed by atoms with Crippen molar-refractivity contribution in [1.82, 2.24) is 0 Å². The van der Waals surface area contributed by atoms with E-state index in [-0.39, 0.29) is 24.3 Å². The fourth-order valence-corrected chi connectivity index (χ4v) is 2.19. The first-order chi connectivity index (χ1) is 11.7. The van der Waals surface area contributed by atoms with Gasteiger partial charge in [-0.2, -0.15) is 13.2 Å². The maximum Gasteiger partial charge on any atom is 0.417 e. The zero-order valence-electron chi connectivity index (χ0n) is 12.6. The summed E-state index contributed by atoms with van der Waals surface area (Å²) in [5.74, 6) is -2.65. The van der Waals surface area contributed by atoms with Gasteiger partial charge in [0.05, 0.1) is 10.6 Å². The summed E-state index contributed by atoms with van der Waals surface area (Å²) in [7, 11) is 0. The van der Waals surface area contributed by atoms with Gasteiger partial charge in [0.25, 0.3) is 0 Å². The highest BCUT2D eigenvalue weighted by Crippen LogP contribution is 2.36. The minimum Gasteiger partial charge on any atom is -0.385 e. The van der Waals surface area contributed by atoms with Gasteiger partial charge in [-0.15, -0.1) is 0 Å². The Morgan fingerprint density at radius 3 is 2.32 bits per heavy atom. The van der Waals surface area contributed by atoms with E-state index in [0.29, 0.717) is 0 Å². The molecule has 2 rings (SSSR count). The van der Waals surface area contributed by atoms with Crippen LogP contribution in [0.3, 0.4) is 0 Å². The second-order valence-electron chi connectivity index (χ2n) is 5.05. The van der Waals surface area contributed by atoms with Gasteiger partial charge in [-0.25, -0.2) is 8.78 Å². The molecule has 0 heterocycles. The first-order valence-electron chi connectivity index (χ1n) is 7.02. The molecule has 3 nitrogen and oxygen atoms in total. The van der Waals surface area contributed by atoms with Crippen LogP contribution in [0.5, 0.6) is 0 Å². The molecule has 0 aliphatic rings. The van der Waals surface area contributed by atoms with E-state index in [2.05, 4.69) is 10.6 Å². The number of amides is 1. The highest BCUT2D eigenvalue weighted by Gasteiger charge is 2.33. The quantitative estimate of drug-likeness (QED) is 0.712. The summed E-state index contributed by atoms with van der Waals surface area (Å²) in [6, 6.07) is 6.19. The molecule has 0 fully saturated rings. The Hall–Kier alpha value is -2.35. The van der Waals surface area contributed by atoms with E-state index in [0.717, 1.165) is 24.3 Å². The van der Waals surface area contributed by atoms with Crippen LogP contribution < -0.4 is 10.6 Å². The van der Waals surface area contributed by atoms with Crippen LogP contribution in [0.2, 0.25) is 5.02 Å². The molecule has 0 radical (unpaired) electrons. The Bertz CT molecular complexity index is 780. The zero-order valence-corrected chi connectivity index (χ0v) is 13.3. The van der Waals surface area contributed by atoms with E-state index in [9.17, 15) is 26.7 Å². The Balaban J connectivity index is 1.90. The molecule has 2 aromatic carbocycles. The average molecular weight is 379 g/mol. The number of alkyl halides is 3. The number of carbonyl (C=O) groups excluding carboxylic acids is 1. The first-order valence-corrected chi connectivity index (χ1v) is 7.40. The molecule has 9 heteroatoms. The lowest BCUT2D eigenvalue weighted by atomic mass is 10.2. The van der Waals surface area contributed by atoms with Crippen molar-refractivity contribution in [3.63, 3.8) is 0 Å². The standard InChI is InChI=1S/C16H12ClF5N2O/c17-12-3-1-9(7-11(12)16(20,21)22)23-6-5-15(25)24-10-2-4-13(18)14(19)8-10/h1-4,7-8,23H,5-6H2,(H,24,25). The molecule has 25 heavy (non-hydrogen) atoms. The van der Waals surface area contributed by atoms with Crippen LogP contribution in [0, 0.1) is 11.6 Å². The number of hydrogen-bond donors (Lipinski definition) is 2. The van der Waals surface area contributed by atoms with Crippen LogP contribution in [0.25, 0.3) is 0 Å². The van der Waals surface area contributed by atoms with E-state index >= 15 is 0 Å². The number of hydrogen-bond acceptors (Lipinski definition) is 2. The molecule has 0 atom stereocenters. The monoisotopic (exact) mass is 378 g/mol. The normalized spacial score (nSPS) is 11.3. The molecule has 0 saturated heterocycles. The highest BCUT2D eigenvalue weighted by molar-refractivity contribution is 6.31. The van der Waals surface area contributed by atoms with Gasteiger partial charge in [0.15, 0.2) is 11.6 Å². The number of benzene rings is 2. The van der Waals surface area contributed by atoms with Crippen molar-refractivity contribution in [2.45, 2.75) is 12.6 Å². The van der Waals surface area contributed by atoms with Crippen molar-refractivity contribution in [3.05, 3.63) is 58.6 Å². The average Bonchev–Trinajstić information content (AvgIpc) is 2.51. The van der Waals surface area contributed by atoms with Gasteiger partial charge in [-0.3, -0.25) is 4.79 Å². The lowest BCUT2D eigenvalue weighted by Crippen LogP contribution is -2.16. The smallest absolute Gasteiger partial charge is 0.385 e. The molecular formula is C16H12ClF5N2O. The number of nitrogens with one attached hydrogen (secondary N) is 2. The maximum atomic E-state index is 13.0. The number of halogens is 6. The van der Waals surface area contributed by atoms with Gasteiger partial charge < -0.3 is 10.6 Å². The van der Waals surface area contributed by atoms with Crippen molar-refractivity contribution < 1.29 is 26.7 Å². The number of carbonyl (C=O) groups is 1. The predicted molar refractivity (Wildman–Crippen MR) is 84.5 cm³/mol. The van der Waals surface area contributed by atoms with Crippen molar-refractivity contribution in [2.24, 2.45) is 0 Å². The second-order valence-corrected chi connectivity index (χ2v) is 5.45. The summed E-state index contributed by atoms with van der Waals surface area (Å²) >= 11 is 5.51. The molecule has 0 aliphatic heterocycles. The fraction of sp³-hybridized carbons (Fsp3) is 0.188. The maximum absolute atomic E-state index is 13.0. The molecule has 0 bridgehead atoms. The lowest BCUT2D eigenvalue weighted by molar-refractivity contribution is -0.137. The third-order valence-corrected chi connectivity index (χ3v) is 3.49. The third-order valence-electron chi connectivity index (χ3n) is 3.16. The van der Waals surface area contributed by atoms with Crippen LogP contribution >= 0.6 is 11.6 Å². The molecule has 2 N–H and O–H groups in total. The Morgan fingerprint density at radius 2 is 1.68 bits per heavy atom. The van der Waals surface area contributed by atoms with Crippen molar-refractivity contribution in [2.75, 3.05) is 17.2 Å². The van der Waals surface area contributed by atoms with Crippen molar-refractivity contribution in [3.8, 4) is 0 Å². The Kier molecular flexibility index (Phi) is 5.84. The van der Waals surface area contributed by atoms with Gasteiger partial charge in [-0.05, 0) is 30.3 Å². The largest absolute Gasteiger partial charge is 0.417 e. The molecule has 0 spiro atoms. The Labute approximate surface area is 144 Å². The molecule has 0 saturated carbocycles. The fourth-order valence-electron chi connectivity index (χ4n) is 1.97.